The SMILES string of the molecule is COc1cc(C)c(S(=O)(=O)NC(N)=NC[C@@H](NC(=O)OCC2c3ccccc3-c3ccccc32)C(=O)O)c(C)c1C. The van der Waals surface area contributed by atoms with Crippen LogP contribution in [0, 0.1) is 20.8 Å². The molecule has 0 heterocycles. The summed E-state index contributed by atoms with van der Waals surface area (Å²) in [5.41, 5.74) is 11.5. The van der Waals surface area contributed by atoms with Gasteiger partial charge in [-0.1, -0.05) is 48.5 Å². The van der Waals surface area contributed by atoms with Gasteiger partial charge in [-0.05, 0) is 65.8 Å². The van der Waals surface area contributed by atoms with Crippen molar-refractivity contribution in [2.24, 2.45) is 10.7 Å². The fourth-order valence-corrected chi connectivity index (χ4v) is 6.51. The third kappa shape index (κ3) is 6.12. The first-order valence-electron chi connectivity index (χ1n) is 12.8. The number of aryl methyl sites for hydroxylation is 1. The van der Waals surface area contributed by atoms with Gasteiger partial charge in [-0.15, -0.1) is 0 Å². The first-order chi connectivity index (χ1) is 19.4. The smallest absolute Gasteiger partial charge is 0.407 e. The lowest BCUT2D eigenvalue weighted by Crippen LogP contribution is -2.45. The lowest BCUT2D eigenvalue weighted by atomic mass is 9.98. The first kappa shape index (κ1) is 29.4. The molecule has 41 heavy (non-hydrogen) atoms. The van der Waals surface area contributed by atoms with Crippen LogP contribution < -0.4 is 20.5 Å². The third-order valence-corrected chi connectivity index (χ3v) is 8.73. The zero-order chi connectivity index (χ0) is 29.9. The number of alkyl carbamates (subject to hydrolysis) is 1. The molecule has 12 heteroatoms. The number of aliphatic imine (C=N–C) groups is 1. The largest absolute Gasteiger partial charge is 0.496 e. The first-order valence-corrected chi connectivity index (χ1v) is 14.2. The third-order valence-electron chi connectivity index (χ3n) is 7.08. The van der Waals surface area contributed by atoms with E-state index in [0.717, 1.165) is 22.3 Å². The number of nitrogens with one attached hydrogen (secondary N) is 2. The van der Waals surface area contributed by atoms with Gasteiger partial charge >= 0.3 is 12.1 Å². The Bertz CT molecular complexity index is 1590. The second kappa shape index (κ2) is 11.9. The zero-order valence-corrected chi connectivity index (χ0v) is 23.9. The Morgan fingerprint density at radius 2 is 1.61 bits per heavy atom. The zero-order valence-electron chi connectivity index (χ0n) is 23.1. The van der Waals surface area contributed by atoms with Crippen molar-refractivity contribution in [3.8, 4) is 16.9 Å². The molecule has 1 aliphatic rings. The number of rotatable bonds is 9. The minimum absolute atomic E-state index is 0.00259. The average molecular weight is 581 g/mol. The van der Waals surface area contributed by atoms with Gasteiger partial charge in [0.15, 0.2) is 0 Å². The molecule has 0 spiro atoms. The summed E-state index contributed by atoms with van der Waals surface area (Å²) < 4.78 is 39.0. The van der Waals surface area contributed by atoms with Gasteiger partial charge in [0.2, 0.25) is 5.96 Å². The lowest BCUT2D eigenvalue weighted by Gasteiger charge is -2.18. The number of nitrogens with two attached hydrogens (primary N) is 1. The molecule has 5 N–H and O–H groups in total. The standard InChI is InChI=1S/C29H32N4O7S/c1-16-13-25(39-4)17(2)18(3)26(16)41(37,38)33-28(30)31-14-24(27(34)35)32-29(36)40-15-23-21-11-7-5-9-19(21)20-10-6-8-12-22(20)23/h5-13,23-24H,14-15H2,1-4H3,(H,32,36)(H,34,35)(H3,30,31,33)/t24-/m1/s1. The summed E-state index contributed by atoms with van der Waals surface area (Å²) in [4.78, 5) is 28.2. The Morgan fingerprint density at radius 1 is 1.02 bits per heavy atom. The normalized spacial score (nSPS) is 13.6. The predicted octanol–water partition coefficient (Wildman–Crippen LogP) is 3.21. The van der Waals surface area contributed by atoms with Crippen LogP contribution >= 0.6 is 0 Å². The highest BCUT2D eigenvalue weighted by Crippen LogP contribution is 2.44. The Labute approximate surface area is 238 Å². The number of aliphatic carboxylic acids is 1. The van der Waals surface area contributed by atoms with Crippen LogP contribution in [0.2, 0.25) is 0 Å². The van der Waals surface area contributed by atoms with E-state index in [9.17, 15) is 23.1 Å². The van der Waals surface area contributed by atoms with Crippen molar-refractivity contribution in [2.45, 2.75) is 37.6 Å². The maximum Gasteiger partial charge on any atom is 0.407 e. The number of guanidine groups is 1. The summed E-state index contributed by atoms with van der Waals surface area (Å²) in [7, 11) is -2.65. The molecule has 216 valence electrons. The van der Waals surface area contributed by atoms with E-state index in [1.54, 1.807) is 26.8 Å². The summed E-state index contributed by atoms with van der Waals surface area (Å²) >= 11 is 0. The summed E-state index contributed by atoms with van der Waals surface area (Å²) in [5.74, 6) is -1.58. The summed E-state index contributed by atoms with van der Waals surface area (Å²) in [6, 6.07) is 15.7. The van der Waals surface area contributed by atoms with E-state index in [-0.39, 0.29) is 17.4 Å². The number of sulfonamides is 1. The van der Waals surface area contributed by atoms with E-state index in [4.69, 9.17) is 15.2 Å². The van der Waals surface area contributed by atoms with E-state index in [1.807, 2.05) is 48.5 Å². The molecular weight excluding hydrogens is 548 g/mol. The van der Waals surface area contributed by atoms with Crippen LogP contribution in [-0.4, -0.2) is 57.8 Å². The number of fused-ring (bicyclic) bond motifs is 3. The molecule has 0 saturated carbocycles. The number of ether oxygens (including phenoxy) is 2. The molecule has 0 radical (unpaired) electrons. The van der Waals surface area contributed by atoms with Crippen molar-refractivity contribution in [2.75, 3.05) is 20.3 Å². The molecule has 1 aliphatic carbocycles. The molecule has 0 saturated heterocycles. The van der Waals surface area contributed by atoms with Crippen LogP contribution in [0.1, 0.15) is 33.7 Å². The fourth-order valence-electron chi connectivity index (χ4n) is 5.03. The van der Waals surface area contributed by atoms with E-state index < -0.39 is 40.6 Å². The Balaban J connectivity index is 1.41. The van der Waals surface area contributed by atoms with Gasteiger partial charge in [-0.25, -0.2) is 27.7 Å². The molecule has 1 amide bonds. The number of carbonyl (C=O) groups is 2. The number of carbonyl (C=O) groups excluding carboxylic acids is 1. The Hall–Kier alpha value is -4.58. The number of hydrogen-bond donors (Lipinski definition) is 4. The van der Waals surface area contributed by atoms with Crippen molar-refractivity contribution in [1.29, 1.82) is 0 Å². The van der Waals surface area contributed by atoms with Gasteiger partial charge in [0.1, 0.15) is 18.4 Å². The molecular formula is C29H32N4O7S. The molecule has 4 rings (SSSR count). The highest BCUT2D eigenvalue weighted by Gasteiger charge is 2.30. The monoisotopic (exact) mass is 580 g/mol. The number of hydrogen-bond acceptors (Lipinski definition) is 7. The maximum atomic E-state index is 13.1. The van der Waals surface area contributed by atoms with Crippen molar-refractivity contribution in [3.63, 3.8) is 0 Å². The van der Waals surface area contributed by atoms with Gasteiger partial charge < -0.3 is 25.6 Å². The van der Waals surface area contributed by atoms with E-state index in [2.05, 4.69) is 15.0 Å². The highest BCUT2D eigenvalue weighted by molar-refractivity contribution is 7.90. The minimum atomic E-state index is -4.15. The van der Waals surface area contributed by atoms with Crippen molar-refractivity contribution in [3.05, 3.63) is 82.4 Å². The molecule has 11 nitrogen and oxygen atoms in total. The minimum Gasteiger partial charge on any atom is -0.496 e. The second-order valence-electron chi connectivity index (χ2n) is 9.67. The second-order valence-corrected chi connectivity index (χ2v) is 11.3. The van der Waals surface area contributed by atoms with E-state index in [1.165, 1.54) is 7.11 Å². The quantitative estimate of drug-likeness (QED) is 0.221. The number of carboxylic acids is 1. The summed E-state index contributed by atoms with van der Waals surface area (Å²) in [6.07, 6.45) is -0.950. The summed E-state index contributed by atoms with van der Waals surface area (Å²) in [5, 5.41) is 11.9. The predicted molar refractivity (Wildman–Crippen MR) is 154 cm³/mol. The molecule has 0 fully saturated rings. The Morgan fingerprint density at radius 3 is 2.17 bits per heavy atom. The maximum absolute atomic E-state index is 13.1. The van der Waals surface area contributed by atoms with E-state index in [0.29, 0.717) is 22.4 Å². The topological polar surface area (TPSA) is 169 Å². The summed E-state index contributed by atoms with van der Waals surface area (Å²) in [6.45, 7) is 4.46. The van der Waals surface area contributed by atoms with Crippen molar-refractivity contribution in [1.82, 2.24) is 10.0 Å². The Kier molecular flexibility index (Phi) is 8.52. The fraction of sp³-hybridized carbons (Fsp3) is 0.276. The van der Waals surface area contributed by atoms with Gasteiger partial charge in [-0.3, -0.25) is 0 Å². The van der Waals surface area contributed by atoms with Crippen molar-refractivity contribution < 1.29 is 32.6 Å². The lowest BCUT2D eigenvalue weighted by molar-refractivity contribution is -0.139. The molecule has 0 aliphatic heterocycles. The van der Waals surface area contributed by atoms with Gasteiger partial charge in [0.05, 0.1) is 18.6 Å². The van der Waals surface area contributed by atoms with Crippen LogP contribution in [-0.2, 0) is 19.6 Å². The number of benzene rings is 3. The van der Waals surface area contributed by atoms with Crippen LogP contribution in [0.5, 0.6) is 5.75 Å². The van der Waals surface area contributed by atoms with Crippen LogP contribution in [0.25, 0.3) is 11.1 Å². The number of carboxylic acid groups (broad SMARTS) is 1. The van der Waals surface area contributed by atoms with Gasteiger partial charge in [0.25, 0.3) is 10.0 Å². The van der Waals surface area contributed by atoms with Crippen molar-refractivity contribution >= 4 is 28.0 Å². The molecule has 0 bridgehead atoms. The number of methoxy groups -OCH3 is 1. The number of nitrogens with zero attached hydrogens (tertiary/aromatic N) is 1. The average Bonchev–Trinajstić information content (AvgIpc) is 3.24. The van der Waals surface area contributed by atoms with Gasteiger partial charge in [-0.2, -0.15) is 0 Å². The molecule has 1 atom stereocenters. The van der Waals surface area contributed by atoms with Gasteiger partial charge in [0, 0.05) is 5.92 Å². The van der Waals surface area contributed by atoms with Crippen LogP contribution in [0.3, 0.4) is 0 Å². The molecule has 0 aromatic heterocycles. The van der Waals surface area contributed by atoms with E-state index >= 15 is 0 Å². The van der Waals surface area contributed by atoms with Crippen LogP contribution in [0.4, 0.5) is 4.79 Å². The molecule has 3 aromatic carbocycles. The molecule has 3 aromatic rings. The van der Waals surface area contributed by atoms with Crippen LogP contribution in [0.15, 0.2) is 64.5 Å². The highest BCUT2D eigenvalue weighted by atomic mass is 32.2. The molecule has 0 unspecified atom stereocenters. The number of amides is 1.